The fourth-order valence-electron chi connectivity index (χ4n) is 1.21. The minimum Gasteiger partial charge on any atom is -0.337 e. The van der Waals surface area contributed by atoms with Gasteiger partial charge in [-0.3, -0.25) is 5.43 Å². The van der Waals surface area contributed by atoms with Crippen LogP contribution in [0.3, 0.4) is 0 Å². The number of hydrogen-bond donors (Lipinski definition) is 3. The van der Waals surface area contributed by atoms with Crippen molar-refractivity contribution in [2.75, 3.05) is 10.7 Å². The molecule has 0 amide bonds. The molecule has 0 saturated carbocycles. The Morgan fingerprint density at radius 1 is 1.29 bits per heavy atom. The maximum Gasteiger partial charge on any atom is 0.239 e. The summed E-state index contributed by atoms with van der Waals surface area (Å²) < 4.78 is 14.0. The molecule has 17 heavy (non-hydrogen) atoms. The van der Waals surface area contributed by atoms with Gasteiger partial charge in [-0.2, -0.15) is 4.98 Å². The van der Waals surface area contributed by atoms with Crippen molar-refractivity contribution in [1.82, 2.24) is 9.97 Å². The van der Waals surface area contributed by atoms with E-state index in [-0.39, 0.29) is 11.8 Å². The Balaban J connectivity index is 2.32. The van der Waals surface area contributed by atoms with Crippen LogP contribution in [-0.4, -0.2) is 9.97 Å². The molecule has 0 fully saturated rings. The number of anilines is 3. The highest BCUT2D eigenvalue weighted by Crippen LogP contribution is 2.25. The van der Waals surface area contributed by atoms with Crippen molar-refractivity contribution >= 4 is 33.4 Å². The molecule has 0 unspecified atom stereocenters. The van der Waals surface area contributed by atoms with E-state index in [1.807, 2.05) is 0 Å². The lowest BCUT2D eigenvalue weighted by Gasteiger charge is -2.09. The van der Waals surface area contributed by atoms with Gasteiger partial charge in [-0.1, -0.05) is 12.1 Å². The van der Waals surface area contributed by atoms with Gasteiger partial charge in [0.2, 0.25) is 5.95 Å². The van der Waals surface area contributed by atoms with Crippen LogP contribution in [-0.2, 0) is 0 Å². The van der Waals surface area contributed by atoms with Crippen molar-refractivity contribution < 1.29 is 4.39 Å². The van der Waals surface area contributed by atoms with Crippen LogP contribution < -0.4 is 16.6 Å². The van der Waals surface area contributed by atoms with Gasteiger partial charge in [0.1, 0.15) is 5.82 Å². The first kappa shape index (κ1) is 11.7. The summed E-state index contributed by atoms with van der Waals surface area (Å²) in [5, 5.41) is 2.85. The van der Waals surface area contributed by atoms with Crippen molar-refractivity contribution in [3.63, 3.8) is 0 Å². The molecule has 5 nitrogen and oxygen atoms in total. The average Bonchev–Trinajstić information content (AvgIpc) is 2.35. The van der Waals surface area contributed by atoms with E-state index >= 15 is 0 Å². The largest absolute Gasteiger partial charge is 0.337 e. The van der Waals surface area contributed by atoms with Crippen LogP contribution in [0.15, 0.2) is 34.9 Å². The van der Waals surface area contributed by atoms with Crippen LogP contribution in [0.4, 0.5) is 21.8 Å². The Hall–Kier alpha value is -1.73. The molecule has 1 heterocycles. The molecule has 0 aliphatic carbocycles. The number of nitrogen functional groups attached to an aromatic ring is 1. The zero-order valence-electron chi connectivity index (χ0n) is 8.61. The van der Waals surface area contributed by atoms with Crippen LogP contribution in [0, 0.1) is 5.82 Å². The van der Waals surface area contributed by atoms with E-state index in [2.05, 4.69) is 36.6 Å². The maximum atomic E-state index is 13.4. The van der Waals surface area contributed by atoms with Crippen molar-refractivity contribution in [2.45, 2.75) is 0 Å². The van der Waals surface area contributed by atoms with Gasteiger partial charge < -0.3 is 5.32 Å². The second kappa shape index (κ2) is 5.07. The predicted octanol–water partition coefficient (Wildman–Crippen LogP) is 2.41. The van der Waals surface area contributed by atoms with E-state index in [1.165, 1.54) is 12.3 Å². The van der Waals surface area contributed by atoms with Crippen LogP contribution in [0.25, 0.3) is 0 Å². The lowest BCUT2D eigenvalue weighted by Crippen LogP contribution is -2.11. The summed E-state index contributed by atoms with van der Waals surface area (Å²) in [6, 6.07) is 6.31. The fraction of sp³-hybridized carbons (Fsp3) is 0. The number of rotatable bonds is 3. The fourth-order valence-corrected chi connectivity index (χ4v) is 1.50. The summed E-state index contributed by atoms with van der Waals surface area (Å²) in [5.74, 6) is 5.51. The molecule has 7 heteroatoms. The van der Waals surface area contributed by atoms with Gasteiger partial charge in [0.05, 0.1) is 10.2 Å². The van der Waals surface area contributed by atoms with Crippen molar-refractivity contribution in [3.8, 4) is 0 Å². The first-order valence-electron chi connectivity index (χ1n) is 4.71. The van der Waals surface area contributed by atoms with E-state index in [0.29, 0.717) is 16.0 Å². The Kier molecular flexibility index (Phi) is 3.50. The lowest BCUT2D eigenvalue weighted by atomic mass is 10.3. The SMILES string of the molecule is NNc1ncc(Br)c(Nc2ccccc2F)n1. The lowest BCUT2D eigenvalue weighted by molar-refractivity contribution is 0.632. The molecule has 0 radical (unpaired) electrons. The molecule has 0 saturated heterocycles. The van der Waals surface area contributed by atoms with Crippen LogP contribution >= 0.6 is 15.9 Å². The summed E-state index contributed by atoms with van der Waals surface area (Å²) in [5.41, 5.74) is 2.65. The van der Waals surface area contributed by atoms with E-state index in [1.54, 1.807) is 18.2 Å². The van der Waals surface area contributed by atoms with Gasteiger partial charge in [0.15, 0.2) is 5.82 Å². The second-order valence-corrected chi connectivity index (χ2v) is 3.99. The third kappa shape index (κ3) is 2.69. The molecular weight excluding hydrogens is 289 g/mol. The Labute approximate surface area is 105 Å². The number of halogens is 2. The van der Waals surface area contributed by atoms with Gasteiger partial charge in [0.25, 0.3) is 0 Å². The highest BCUT2D eigenvalue weighted by Gasteiger charge is 2.07. The average molecular weight is 298 g/mol. The number of aromatic nitrogens is 2. The van der Waals surface area contributed by atoms with E-state index in [9.17, 15) is 4.39 Å². The number of nitrogens with one attached hydrogen (secondary N) is 2. The van der Waals surface area contributed by atoms with Gasteiger partial charge in [-0.15, -0.1) is 0 Å². The molecule has 0 bridgehead atoms. The first-order valence-corrected chi connectivity index (χ1v) is 5.50. The number of benzene rings is 1. The summed E-state index contributed by atoms with van der Waals surface area (Å²) in [6.45, 7) is 0. The number of hydrogen-bond acceptors (Lipinski definition) is 5. The number of hydrazine groups is 1. The summed E-state index contributed by atoms with van der Waals surface area (Å²) >= 11 is 3.26. The van der Waals surface area contributed by atoms with Gasteiger partial charge >= 0.3 is 0 Å². The van der Waals surface area contributed by atoms with Crippen LogP contribution in [0.1, 0.15) is 0 Å². The maximum absolute atomic E-state index is 13.4. The molecular formula is C10H9BrFN5. The third-order valence-corrected chi connectivity index (χ3v) is 2.58. The minimum absolute atomic E-state index is 0.243. The zero-order chi connectivity index (χ0) is 12.3. The smallest absolute Gasteiger partial charge is 0.239 e. The molecule has 1 aromatic carbocycles. The number of nitrogens with two attached hydrogens (primary N) is 1. The highest BCUT2D eigenvalue weighted by molar-refractivity contribution is 9.10. The van der Waals surface area contributed by atoms with Gasteiger partial charge in [-0.05, 0) is 28.1 Å². The van der Waals surface area contributed by atoms with Crippen molar-refractivity contribution in [3.05, 3.63) is 40.8 Å². The Bertz CT molecular complexity index is 534. The summed E-state index contributed by atoms with van der Waals surface area (Å²) in [6.07, 6.45) is 1.52. The predicted molar refractivity (Wildman–Crippen MR) is 67.2 cm³/mol. The molecule has 0 aliphatic rings. The molecule has 1 aromatic heterocycles. The molecule has 0 aliphatic heterocycles. The molecule has 4 N–H and O–H groups in total. The quantitative estimate of drug-likeness (QED) is 0.599. The van der Waals surface area contributed by atoms with Gasteiger partial charge in [-0.25, -0.2) is 15.2 Å². The van der Waals surface area contributed by atoms with E-state index in [4.69, 9.17) is 5.84 Å². The van der Waals surface area contributed by atoms with Crippen molar-refractivity contribution in [1.29, 1.82) is 0 Å². The van der Waals surface area contributed by atoms with Gasteiger partial charge in [0, 0.05) is 6.20 Å². The Morgan fingerprint density at radius 2 is 2.06 bits per heavy atom. The van der Waals surface area contributed by atoms with Crippen molar-refractivity contribution in [2.24, 2.45) is 5.84 Å². The first-order chi connectivity index (χ1) is 8.20. The molecule has 0 atom stereocenters. The molecule has 88 valence electrons. The zero-order valence-corrected chi connectivity index (χ0v) is 10.2. The topological polar surface area (TPSA) is 75.9 Å². The minimum atomic E-state index is -0.361. The molecule has 2 aromatic rings. The summed E-state index contributed by atoms with van der Waals surface area (Å²) in [4.78, 5) is 7.95. The highest BCUT2D eigenvalue weighted by atomic mass is 79.9. The standard InChI is InChI=1S/C10H9BrFN5/c11-6-5-14-10(17-13)16-9(6)15-8-4-2-1-3-7(8)12/h1-5H,13H2,(H2,14,15,16,17). The number of para-hydroxylation sites is 1. The Morgan fingerprint density at radius 3 is 2.76 bits per heavy atom. The number of nitrogens with zero attached hydrogens (tertiary/aromatic N) is 2. The van der Waals surface area contributed by atoms with E-state index in [0.717, 1.165) is 0 Å². The van der Waals surface area contributed by atoms with Crippen LogP contribution in [0.5, 0.6) is 0 Å². The molecule has 0 spiro atoms. The normalized spacial score (nSPS) is 10.1. The monoisotopic (exact) mass is 297 g/mol. The second-order valence-electron chi connectivity index (χ2n) is 3.14. The van der Waals surface area contributed by atoms with E-state index < -0.39 is 0 Å². The van der Waals surface area contributed by atoms with Crippen LogP contribution in [0.2, 0.25) is 0 Å². The summed E-state index contributed by atoms with van der Waals surface area (Å²) in [7, 11) is 0. The molecule has 2 rings (SSSR count). The third-order valence-electron chi connectivity index (χ3n) is 2.00.